The lowest BCUT2D eigenvalue weighted by Crippen LogP contribution is -2.07. The highest BCUT2D eigenvalue weighted by Gasteiger charge is 2.09. The Kier molecular flexibility index (Phi) is 5.67. The molecular formula is C20H16N2O4. The van der Waals surface area contributed by atoms with Crippen molar-refractivity contribution >= 4 is 11.9 Å². The first kappa shape index (κ1) is 17.3. The smallest absolute Gasteiger partial charge is 0.338 e. The molecule has 2 heterocycles. The maximum Gasteiger partial charge on any atom is 0.338 e. The number of hydrogen-bond acceptors (Lipinski definition) is 6. The van der Waals surface area contributed by atoms with Crippen molar-refractivity contribution in [2.24, 2.45) is 0 Å². The van der Waals surface area contributed by atoms with Crippen LogP contribution in [0, 0.1) is 0 Å². The van der Waals surface area contributed by atoms with Gasteiger partial charge in [-0.25, -0.2) is 9.59 Å². The molecule has 0 spiro atoms. The van der Waals surface area contributed by atoms with Crippen molar-refractivity contribution < 1.29 is 19.1 Å². The van der Waals surface area contributed by atoms with Gasteiger partial charge < -0.3 is 9.47 Å². The number of aromatic nitrogens is 2. The van der Waals surface area contributed by atoms with Crippen LogP contribution in [0.4, 0.5) is 0 Å². The summed E-state index contributed by atoms with van der Waals surface area (Å²) < 4.78 is 10.6. The van der Waals surface area contributed by atoms with E-state index in [1.165, 1.54) is 24.8 Å². The topological polar surface area (TPSA) is 78.4 Å². The molecule has 0 radical (unpaired) electrons. The Morgan fingerprint density at radius 2 is 1.12 bits per heavy atom. The van der Waals surface area contributed by atoms with Gasteiger partial charge in [-0.2, -0.15) is 0 Å². The van der Waals surface area contributed by atoms with E-state index < -0.39 is 11.9 Å². The standard InChI is InChI=1S/C20H16N2O4/c23-19(17-4-8-21-9-5-17)25-13-15-2-1-3-16(12-15)14-26-20(24)18-6-10-22-11-7-18/h1-12H,13-14H2. The van der Waals surface area contributed by atoms with E-state index in [9.17, 15) is 9.59 Å². The first-order valence-corrected chi connectivity index (χ1v) is 7.94. The van der Waals surface area contributed by atoms with E-state index in [0.29, 0.717) is 11.1 Å². The van der Waals surface area contributed by atoms with Gasteiger partial charge in [-0.15, -0.1) is 0 Å². The van der Waals surface area contributed by atoms with Gasteiger partial charge in [0.25, 0.3) is 0 Å². The summed E-state index contributed by atoms with van der Waals surface area (Å²) in [7, 11) is 0. The molecule has 0 aliphatic heterocycles. The van der Waals surface area contributed by atoms with Crippen molar-refractivity contribution in [1.82, 2.24) is 9.97 Å². The van der Waals surface area contributed by atoms with E-state index in [-0.39, 0.29) is 13.2 Å². The Labute approximate surface area is 150 Å². The van der Waals surface area contributed by atoms with Crippen molar-refractivity contribution in [2.45, 2.75) is 13.2 Å². The van der Waals surface area contributed by atoms with E-state index in [1.807, 2.05) is 24.3 Å². The second-order valence-corrected chi connectivity index (χ2v) is 5.44. The van der Waals surface area contributed by atoms with Crippen LogP contribution in [-0.4, -0.2) is 21.9 Å². The summed E-state index contributed by atoms with van der Waals surface area (Å²) in [5, 5.41) is 0. The molecule has 6 nitrogen and oxygen atoms in total. The predicted molar refractivity (Wildman–Crippen MR) is 93.2 cm³/mol. The minimum absolute atomic E-state index is 0.132. The molecule has 0 N–H and O–H groups in total. The Morgan fingerprint density at radius 3 is 1.54 bits per heavy atom. The first-order chi connectivity index (χ1) is 12.7. The second-order valence-electron chi connectivity index (χ2n) is 5.44. The largest absolute Gasteiger partial charge is 0.457 e. The van der Waals surface area contributed by atoms with Crippen LogP contribution >= 0.6 is 0 Å². The van der Waals surface area contributed by atoms with Crippen molar-refractivity contribution in [3.05, 3.63) is 95.6 Å². The van der Waals surface area contributed by atoms with Gasteiger partial charge in [0.1, 0.15) is 13.2 Å². The fraction of sp³-hybridized carbons (Fsp3) is 0.100. The summed E-state index contributed by atoms with van der Waals surface area (Å²) in [6.45, 7) is 0.264. The fourth-order valence-electron chi connectivity index (χ4n) is 2.25. The molecule has 0 unspecified atom stereocenters. The zero-order valence-electron chi connectivity index (χ0n) is 13.9. The van der Waals surface area contributed by atoms with Gasteiger partial charge in [0.05, 0.1) is 11.1 Å². The molecule has 26 heavy (non-hydrogen) atoms. The van der Waals surface area contributed by atoms with Crippen LogP contribution < -0.4 is 0 Å². The average molecular weight is 348 g/mol. The Bertz CT molecular complexity index is 812. The van der Waals surface area contributed by atoms with Crippen LogP contribution in [0.25, 0.3) is 0 Å². The number of carbonyl (C=O) groups is 2. The number of hydrogen-bond donors (Lipinski definition) is 0. The minimum Gasteiger partial charge on any atom is -0.457 e. The molecule has 3 aromatic rings. The van der Waals surface area contributed by atoms with Crippen LogP contribution in [0.3, 0.4) is 0 Å². The Balaban J connectivity index is 1.55. The molecule has 0 aliphatic carbocycles. The third-order valence-electron chi connectivity index (χ3n) is 3.56. The molecule has 0 atom stereocenters. The molecule has 1 aromatic carbocycles. The van der Waals surface area contributed by atoms with Crippen LogP contribution in [0.1, 0.15) is 31.8 Å². The molecule has 2 aromatic heterocycles. The molecule has 3 rings (SSSR count). The number of carbonyl (C=O) groups excluding carboxylic acids is 2. The fourth-order valence-corrected chi connectivity index (χ4v) is 2.25. The van der Waals surface area contributed by atoms with Crippen LogP contribution in [0.15, 0.2) is 73.3 Å². The van der Waals surface area contributed by atoms with Gasteiger partial charge in [0, 0.05) is 24.8 Å². The molecule has 0 aliphatic rings. The Hall–Kier alpha value is -3.54. The van der Waals surface area contributed by atoms with E-state index in [4.69, 9.17) is 9.47 Å². The van der Waals surface area contributed by atoms with E-state index >= 15 is 0 Å². The molecular weight excluding hydrogens is 332 g/mol. The molecule has 0 saturated carbocycles. The zero-order valence-corrected chi connectivity index (χ0v) is 13.9. The molecule has 0 saturated heterocycles. The van der Waals surface area contributed by atoms with E-state index in [0.717, 1.165) is 11.1 Å². The first-order valence-electron chi connectivity index (χ1n) is 7.94. The third-order valence-corrected chi connectivity index (χ3v) is 3.56. The van der Waals surface area contributed by atoms with Crippen molar-refractivity contribution in [2.75, 3.05) is 0 Å². The maximum atomic E-state index is 12.0. The summed E-state index contributed by atoms with van der Waals surface area (Å²) >= 11 is 0. The van der Waals surface area contributed by atoms with Gasteiger partial charge in [-0.3, -0.25) is 9.97 Å². The molecule has 0 bridgehead atoms. The average Bonchev–Trinajstić information content (AvgIpc) is 2.72. The molecule has 6 heteroatoms. The summed E-state index contributed by atoms with van der Waals surface area (Å²) in [6, 6.07) is 13.7. The van der Waals surface area contributed by atoms with Crippen molar-refractivity contribution in [3.8, 4) is 0 Å². The number of esters is 2. The highest BCUT2D eigenvalue weighted by molar-refractivity contribution is 5.89. The van der Waals surface area contributed by atoms with E-state index in [2.05, 4.69) is 9.97 Å². The van der Waals surface area contributed by atoms with E-state index in [1.54, 1.807) is 24.3 Å². The zero-order chi connectivity index (χ0) is 18.2. The van der Waals surface area contributed by atoms with Crippen LogP contribution in [-0.2, 0) is 22.7 Å². The number of ether oxygens (including phenoxy) is 2. The summed E-state index contributed by atoms with van der Waals surface area (Å²) in [4.78, 5) is 31.6. The third kappa shape index (κ3) is 4.73. The lowest BCUT2D eigenvalue weighted by atomic mass is 10.1. The van der Waals surface area contributed by atoms with Gasteiger partial charge >= 0.3 is 11.9 Å². The molecule has 0 amide bonds. The Morgan fingerprint density at radius 1 is 0.692 bits per heavy atom. The number of nitrogens with zero attached hydrogens (tertiary/aromatic N) is 2. The van der Waals surface area contributed by atoms with Gasteiger partial charge in [-0.1, -0.05) is 18.2 Å². The van der Waals surface area contributed by atoms with Gasteiger partial charge in [0.2, 0.25) is 0 Å². The highest BCUT2D eigenvalue weighted by atomic mass is 16.5. The maximum absolute atomic E-state index is 12.0. The van der Waals surface area contributed by atoms with Crippen molar-refractivity contribution in [1.29, 1.82) is 0 Å². The SMILES string of the molecule is O=C(OCc1cccc(COC(=O)c2ccncc2)c1)c1ccncc1. The lowest BCUT2D eigenvalue weighted by molar-refractivity contribution is 0.0471. The monoisotopic (exact) mass is 348 g/mol. The van der Waals surface area contributed by atoms with Gasteiger partial charge in [0.15, 0.2) is 0 Å². The number of rotatable bonds is 6. The van der Waals surface area contributed by atoms with Crippen molar-refractivity contribution in [3.63, 3.8) is 0 Å². The second kappa shape index (κ2) is 8.53. The minimum atomic E-state index is -0.415. The predicted octanol–water partition coefficient (Wildman–Crippen LogP) is 3.19. The number of pyridine rings is 2. The lowest BCUT2D eigenvalue weighted by Gasteiger charge is -2.08. The summed E-state index contributed by atoms with van der Waals surface area (Å²) in [5.41, 5.74) is 2.51. The molecule has 130 valence electrons. The van der Waals surface area contributed by atoms with Gasteiger partial charge in [-0.05, 0) is 41.5 Å². The van der Waals surface area contributed by atoms with Crippen LogP contribution in [0.5, 0.6) is 0 Å². The number of benzene rings is 1. The molecule has 0 fully saturated rings. The quantitative estimate of drug-likeness (QED) is 0.637. The highest BCUT2D eigenvalue weighted by Crippen LogP contribution is 2.11. The summed E-state index contributed by atoms with van der Waals surface area (Å²) in [6.07, 6.45) is 6.14. The van der Waals surface area contributed by atoms with Crippen LogP contribution in [0.2, 0.25) is 0 Å². The summed E-state index contributed by atoms with van der Waals surface area (Å²) in [5.74, 6) is -0.830. The normalized spacial score (nSPS) is 10.2.